The van der Waals surface area contributed by atoms with Crippen molar-refractivity contribution in [3.05, 3.63) is 5.01 Å². The van der Waals surface area contributed by atoms with Crippen LogP contribution in [-0.4, -0.2) is 34.5 Å². The molecule has 0 aliphatic heterocycles. The van der Waals surface area contributed by atoms with Gasteiger partial charge in [-0.1, -0.05) is 31.6 Å². The molecule has 3 N–H and O–H groups in total. The first-order valence-corrected chi connectivity index (χ1v) is 7.45. The number of nitrogens with one attached hydrogen (secondary N) is 2. The second-order valence-electron chi connectivity index (χ2n) is 4.56. The molecule has 0 fully saturated rings. The molecular formula is C12H22N4O2S. The number of hydrogen-bond donors (Lipinski definition) is 3. The Morgan fingerprint density at radius 2 is 2.26 bits per heavy atom. The summed E-state index contributed by atoms with van der Waals surface area (Å²) in [5, 5.41) is 23.6. The van der Waals surface area contributed by atoms with Crippen LogP contribution in [0, 0.1) is 5.92 Å². The maximum Gasteiger partial charge on any atom is 0.321 e. The topological polar surface area (TPSA) is 87.1 Å². The molecule has 2 amide bonds. The van der Waals surface area contributed by atoms with Crippen molar-refractivity contribution in [3.63, 3.8) is 0 Å². The minimum Gasteiger partial charge on any atom is -0.396 e. The third-order valence-electron chi connectivity index (χ3n) is 2.66. The number of carbonyl (C=O) groups excluding carboxylic acids is 1. The number of aromatic nitrogens is 2. The summed E-state index contributed by atoms with van der Waals surface area (Å²) in [6, 6.07) is -0.275. The Kier molecular flexibility index (Phi) is 7.35. The van der Waals surface area contributed by atoms with Crippen LogP contribution in [0.15, 0.2) is 0 Å². The Morgan fingerprint density at radius 3 is 2.95 bits per heavy atom. The van der Waals surface area contributed by atoms with Gasteiger partial charge in [0, 0.05) is 19.6 Å². The summed E-state index contributed by atoms with van der Waals surface area (Å²) in [5.41, 5.74) is 0. The number of aryl methyl sites for hydroxylation is 1. The molecule has 7 heteroatoms. The lowest BCUT2D eigenvalue weighted by Gasteiger charge is -2.10. The third kappa shape index (κ3) is 6.49. The molecular weight excluding hydrogens is 264 g/mol. The number of anilines is 1. The predicted octanol–water partition coefficient (Wildman–Crippen LogP) is 2.02. The Labute approximate surface area is 117 Å². The van der Waals surface area contributed by atoms with Gasteiger partial charge in [0.05, 0.1) is 0 Å². The Morgan fingerprint density at radius 1 is 1.47 bits per heavy atom. The number of amides is 2. The van der Waals surface area contributed by atoms with Crippen molar-refractivity contribution in [2.75, 3.05) is 18.5 Å². The summed E-state index contributed by atoms with van der Waals surface area (Å²) in [6.07, 6.45) is 3.79. The number of urea groups is 1. The van der Waals surface area contributed by atoms with Crippen LogP contribution in [0.5, 0.6) is 0 Å². The molecule has 0 spiro atoms. The van der Waals surface area contributed by atoms with Crippen molar-refractivity contribution in [1.29, 1.82) is 0 Å². The molecule has 1 aromatic rings. The molecule has 1 heterocycles. The quantitative estimate of drug-likeness (QED) is 0.682. The molecule has 0 saturated carbocycles. The van der Waals surface area contributed by atoms with E-state index in [1.165, 1.54) is 11.3 Å². The molecule has 6 nitrogen and oxygen atoms in total. The Bertz CT molecular complexity index is 384. The first-order valence-electron chi connectivity index (χ1n) is 6.63. The molecule has 0 saturated heterocycles. The number of rotatable bonds is 8. The molecule has 0 aliphatic rings. The molecule has 1 unspecified atom stereocenters. The van der Waals surface area contributed by atoms with Gasteiger partial charge in [-0.2, -0.15) is 0 Å². The minimum absolute atomic E-state index is 0.141. The average molecular weight is 286 g/mol. The molecule has 1 atom stereocenters. The van der Waals surface area contributed by atoms with Gasteiger partial charge >= 0.3 is 6.03 Å². The summed E-state index contributed by atoms with van der Waals surface area (Å²) in [7, 11) is 0. The SMILES string of the molecule is CCCCc1nnc(NC(=O)NCC(C)CCO)s1. The van der Waals surface area contributed by atoms with Gasteiger partial charge in [0.2, 0.25) is 5.13 Å². The summed E-state index contributed by atoms with van der Waals surface area (Å²) < 4.78 is 0. The normalized spacial score (nSPS) is 12.2. The van der Waals surface area contributed by atoms with Crippen molar-refractivity contribution < 1.29 is 9.90 Å². The number of hydrogen-bond acceptors (Lipinski definition) is 5. The van der Waals surface area contributed by atoms with Gasteiger partial charge in [0.1, 0.15) is 5.01 Å². The standard InChI is InChI=1S/C12H22N4O2S/c1-3-4-5-10-15-16-12(19-10)14-11(18)13-8-9(2)6-7-17/h9,17H,3-8H2,1-2H3,(H2,13,14,16,18). The second kappa shape index (κ2) is 8.82. The zero-order chi connectivity index (χ0) is 14.1. The highest BCUT2D eigenvalue weighted by atomic mass is 32.1. The zero-order valence-corrected chi connectivity index (χ0v) is 12.3. The summed E-state index contributed by atoms with van der Waals surface area (Å²) in [5.74, 6) is 0.255. The highest BCUT2D eigenvalue weighted by Crippen LogP contribution is 2.16. The van der Waals surface area contributed by atoms with Gasteiger partial charge in [-0.3, -0.25) is 5.32 Å². The third-order valence-corrected chi connectivity index (χ3v) is 3.56. The van der Waals surface area contributed by atoms with E-state index in [1.54, 1.807) is 0 Å². The van der Waals surface area contributed by atoms with Crippen molar-refractivity contribution in [2.24, 2.45) is 5.92 Å². The Hall–Kier alpha value is -1.21. The van der Waals surface area contributed by atoms with Crippen LogP contribution in [0.3, 0.4) is 0 Å². The summed E-state index contributed by atoms with van der Waals surface area (Å²) in [6.45, 7) is 4.78. The molecule has 0 aromatic carbocycles. The van der Waals surface area contributed by atoms with Crippen LogP contribution in [0.25, 0.3) is 0 Å². The van der Waals surface area contributed by atoms with Crippen LogP contribution in [0.2, 0.25) is 0 Å². The monoisotopic (exact) mass is 286 g/mol. The fourth-order valence-electron chi connectivity index (χ4n) is 1.46. The fourth-order valence-corrected chi connectivity index (χ4v) is 2.24. The molecule has 1 rings (SSSR count). The second-order valence-corrected chi connectivity index (χ2v) is 5.62. The molecule has 0 aliphatic carbocycles. The number of aliphatic hydroxyl groups excluding tert-OH is 1. The number of unbranched alkanes of at least 4 members (excludes halogenated alkanes) is 1. The number of aliphatic hydroxyl groups is 1. The lowest BCUT2D eigenvalue weighted by Crippen LogP contribution is -2.32. The van der Waals surface area contributed by atoms with E-state index < -0.39 is 0 Å². The molecule has 0 bridgehead atoms. The average Bonchev–Trinajstić information content (AvgIpc) is 2.82. The number of nitrogens with zero attached hydrogens (tertiary/aromatic N) is 2. The highest BCUT2D eigenvalue weighted by molar-refractivity contribution is 7.15. The lowest BCUT2D eigenvalue weighted by molar-refractivity contribution is 0.243. The number of carbonyl (C=O) groups is 1. The van der Waals surface area contributed by atoms with E-state index in [0.717, 1.165) is 24.3 Å². The summed E-state index contributed by atoms with van der Waals surface area (Å²) in [4.78, 5) is 11.6. The maximum atomic E-state index is 11.6. The van der Waals surface area contributed by atoms with E-state index in [9.17, 15) is 4.79 Å². The van der Waals surface area contributed by atoms with Gasteiger partial charge in [-0.05, 0) is 18.8 Å². The first kappa shape index (κ1) is 15.8. The minimum atomic E-state index is -0.275. The maximum absolute atomic E-state index is 11.6. The first-order chi connectivity index (χ1) is 9.15. The van der Waals surface area contributed by atoms with Crippen molar-refractivity contribution >= 4 is 22.5 Å². The van der Waals surface area contributed by atoms with Crippen LogP contribution < -0.4 is 10.6 Å². The lowest BCUT2D eigenvalue weighted by atomic mass is 10.1. The van der Waals surface area contributed by atoms with Crippen molar-refractivity contribution in [3.8, 4) is 0 Å². The fraction of sp³-hybridized carbons (Fsp3) is 0.750. The van der Waals surface area contributed by atoms with E-state index in [-0.39, 0.29) is 18.6 Å². The Balaban J connectivity index is 2.29. The van der Waals surface area contributed by atoms with Gasteiger partial charge in [-0.25, -0.2) is 4.79 Å². The van der Waals surface area contributed by atoms with Gasteiger partial charge in [-0.15, -0.1) is 10.2 Å². The molecule has 108 valence electrons. The van der Waals surface area contributed by atoms with Gasteiger partial charge in [0.15, 0.2) is 0 Å². The van der Waals surface area contributed by atoms with Gasteiger partial charge in [0.25, 0.3) is 0 Å². The van der Waals surface area contributed by atoms with Gasteiger partial charge < -0.3 is 10.4 Å². The predicted molar refractivity (Wildman–Crippen MR) is 76.4 cm³/mol. The van der Waals surface area contributed by atoms with Crippen molar-refractivity contribution in [1.82, 2.24) is 15.5 Å². The smallest absolute Gasteiger partial charge is 0.321 e. The van der Waals surface area contributed by atoms with E-state index in [4.69, 9.17) is 5.11 Å². The highest BCUT2D eigenvalue weighted by Gasteiger charge is 2.09. The van der Waals surface area contributed by atoms with E-state index in [0.29, 0.717) is 18.1 Å². The molecule has 0 radical (unpaired) electrons. The van der Waals surface area contributed by atoms with Crippen LogP contribution in [0.4, 0.5) is 9.93 Å². The largest absolute Gasteiger partial charge is 0.396 e. The van der Waals surface area contributed by atoms with E-state index >= 15 is 0 Å². The van der Waals surface area contributed by atoms with E-state index in [2.05, 4.69) is 27.8 Å². The van der Waals surface area contributed by atoms with Crippen LogP contribution in [-0.2, 0) is 6.42 Å². The van der Waals surface area contributed by atoms with Crippen molar-refractivity contribution in [2.45, 2.75) is 39.5 Å². The molecule has 19 heavy (non-hydrogen) atoms. The van der Waals surface area contributed by atoms with Crippen LogP contribution >= 0.6 is 11.3 Å². The van der Waals surface area contributed by atoms with Crippen LogP contribution in [0.1, 0.15) is 38.1 Å². The zero-order valence-electron chi connectivity index (χ0n) is 11.5. The van der Waals surface area contributed by atoms with E-state index in [1.807, 2.05) is 6.92 Å². The summed E-state index contributed by atoms with van der Waals surface area (Å²) >= 11 is 1.41. The molecule has 1 aromatic heterocycles.